The monoisotopic (exact) mass is 383 g/mol. The Labute approximate surface area is 162 Å². The van der Waals surface area contributed by atoms with Crippen LogP contribution in [-0.4, -0.2) is 28.8 Å². The summed E-state index contributed by atoms with van der Waals surface area (Å²) in [4.78, 5) is 23.7. The number of carbonyl (C=O) groups excluding carboxylic acids is 2. The Morgan fingerprint density at radius 2 is 1.93 bits per heavy atom. The van der Waals surface area contributed by atoms with Crippen LogP contribution in [0.2, 0.25) is 0 Å². The number of ether oxygens (including phenoxy) is 2. The van der Waals surface area contributed by atoms with E-state index in [-0.39, 0.29) is 18.3 Å². The fraction of sp³-hybridized carbons (Fsp3) is 0.250. The molecule has 0 bridgehead atoms. The van der Waals surface area contributed by atoms with Crippen molar-refractivity contribution in [1.82, 2.24) is 15.1 Å². The minimum Gasteiger partial charge on any atom is -0.486 e. The minimum absolute atomic E-state index is 0.160. The second kappa shape index (κ2) is 8.90. The van der Waals surface area contributed by atoms with Gasteiger partial charge in [-0.2, -0.15) is 5.10 Å². The van der Waals surface area contributed by atoms with E-state index < -0.39 is 5.97 Å². The number of benzene rings is 1. The molecule has 0 aliphatic heterocycles. The van der Waals surface area contributed by atoms with E-state index in [1.807, 2.05) is 17.7 Å². The molecule has 2 heterocycles. The molecule has 28 heavy (non-hydrogen) atoms. The van der Waals surface area contributed by atoms with E-state index in [1.165, 1.54) is 7.11 Å². The van der Waals surface area contributed by atoms with Crippen molar-refractivity contribution in [3.63, 3.8) is 0 Å². The first-order valence-electron chi connectivity index (χ1n) is 8.79. The highest BCUT2D eigenvalue weighted by Crippen LogP contribution is 2.16. The van der Waals surface area contributed by atoms with Crippen LogP contribution in [0.5, 0.6) is 5.75 Å². The lowest BCUT2D eigenvalue weighted by Crippen LogP contribution is -2.23. The maximum absolute atomic E-state index is 12.2. The van der Waals surface area contributed by atoms with Gasteiger partial charge in [-0.25, -0.2) is 4.79 Å². The number of aryl methyl sites for hydroxylation is 1. The summed E-state index contributed by atoms with van der Waals surface area (Å²) in [6.45, 7) is 3.25. The summed E-state index contributed by atoms with van der Waals surface area (Å²) in [5.74, 6) is 0.582. The zero-order valence-electron chi connectivity index (χ0n) is 15.7. The Hall–Kier alpha value is -3.55. The first kappa shape index (κ1) is 19.2. The number of esters is 1. The third kappa shape index (κ3) is 4.59. The molecule has 0 radical (unpaired) electrons. The van der Waals surface area contributed by atoms with Gasteiger partial charge in [0.2, 0.25) is 0 Å². The van der Waals surface area contributed by atoms with Gasteiger partial charge in [0.15, 0.2) is 5.76 Å². The van der Waals surface area contributed by atoms with Gasteiger partial charge in [0.1, 0.15) is 18.1 Å². The molecule has 8 heteroatoms. The highest BCUT2D eigenvalue weighted by Gasteiger charge is 2.12. The van der Waals surface area contributed by atoms with E-state index in [0.717, 1.165) is 12.2 Å². The number of methoxy groups -OCH3 is 1. The van der Waals surface area contributed by atoms with Crippen LogP contribution in [0, 0.1) is 0 Å². The van der Waals surface area contributed by atoms with Gasteiger partial charge in [0, 0.05) is 12.7 Å². The Balaban J connectivity index is 1.52. The van der Waals surface area contributed by atoms with Gasteiger partial charge in [-0.3, -0.25) is 9.48 Å². The van der Waals surface area contributed by atoms with Crippen molar-refractivity contribution in [2.45, 2.75) is 26.6 Å². The molecule has 1 N–H and O–H groups in total. The zero-order chi connectivity index (χ0) is 19.9. The van der Waals surface area contributed by atoms with Crippen LogP contribution < -0.4 is 10.1 Å². The molecular formula is C20H21N3O5. The lowest BCUT2D eigenvalue weighted by molar-refractivity contribution is 0.0600. The fourth-order valence-electron chi connectivity index (χ4n) is 2.59. The Morgan fingerprint density at radius 1 is 1.14 bits per heavy atom. The van der Waals surface area contributed by atoms with Gasteiger partial charge >= 0.3 is 5.97 Å². The van der Waals surface area contributed by atoms with Crippen molar-refractivity contribution in [3.8, 4) is 5.75 Å². The minimum atomic E-state index is -0.407. The molecule has 146 valence electrons. The van der Waals surface area contributed by atoms with Crippen LogP contribution in [-0.2, 0) is 24.4 Å². The van der Waals surface area contributed by atoms with Crippen molar-refractivity contribution >= 4 is 11.9 Å². The molecule has 0 saturated heterocycles. The molecule has 1 amide bonds. The standard InChI is InChI=1S/C20H21N3O5/c1-3-23-15(10-11-22-23)12-21-19(24)18-9-8-17(28-18)13-27-16-6-4-14(5-7-16)20(25)26-2/h4-11H,3,12-13H2,1-2H3,(H,21,24). The maximum Gasteiger partial charge on any atom is 0.337 e. The highest BCUT2D eigenvalue weighted by molar-refractivity contribution is 5.91. The quantitative estimate of drug-likeness (QED) is 0.601. The van der Waals surface area contributed by atoms with Crippen molar-refractivity contribution < 1.29 is 23.5 Å². The van der Waals surface area contributed by atoms with Crippen molar-refractivity contribution in [2.75, 3.05) is 7.11 Å². The number of carbonyl (C=O) groups is 2. The third-order valence-corrected chi connectivity index (χ3v) is 4.08. The van der Waals surface area contributed by atoms with Crippen molar-refractivity contribution in [1.29, 1.82) is 0 Å². The SMILES string of the molecule is CCn1nccc1CNC(=O)c1ccc(COc2ccc(C(=O)OC)cc2)o1. The fourth-order valence-corrected chi connectivity index (χ4v) is 2.59. The summed E-state index contributed by atoms with van der Waals surface area (Å²) in [7, 11) is 1.33. The smallest absolute Gasteiger partial charge is 0.337 e. The highest BCUT2D eigenvalue weighted by atomic mass is 16.5. The van der Waals surface area contributed by atoms with Gasteiger partial charge in [-0.15, -0.1) is 0 Å². The normalized spacial score (nSPS) is 10.5. The summed E-state index contributed by atoms with van der Waals surface area (Å²) in [5.41, 5.74) is 1.36. The van der Waals surface area contributed by atoms with Crippen LogP contribution in [0.1, 0.15) is 39.3 Å². The number of rotatable bonds is 8. The van der Waals surface area contributed by atoms with Gasteiger partial charge in [-0.1, -0.05) is 0 Å². The number of hydrogen-bond donors (Lipinski definition) is 1. The van der Waals surface area contributed by atoms with Crippen LogP contribution in [0.15, 0.2) is 53.1 Å². The second-order valence-corrected chi connectivity index (χ2v) is 5.89. The molecule has 1 aromatic carbocycles. The largest absolute Gasteiger partial charge is 0.486 e. The van der Waals surface area contributed by atoms with Crippen LogP contribution in [0.25, 0.3) is 0 Å². The second-order valence-electron chi connectivity index (χ2n) is 5.89. The Kier molecular flexibility index (Phi) is 6.11. The molecule has 3 rings (SSSR count). The molecule has 0 fully saturated rings. The molecule has 8 nitrogen and oxygen atoms in total. The number of amides is 1. The first-order valence-corrected chi connectivity index (χ1v) is 8.79. The molecular weight excluding hydrogens is 362 g/mol. The number of furan rings is 1. The van der Waals surface area contributed by atoms with E-state index in [2.05, 4.69) is 15.2 Å². The average Bonchev–Trinajstić information content (AvgIpc) is 3.39. The molecule has 3 aromatic rings. The molecule has 0 spiro atoms. The third-order valence-electron chi connectivity index (χ3n) is 4.08. The summed E-state index contributed by atoms with van der Waals surface area (Å²) in [6, 6.07) is 11.7. The summed E-state index contributed by atoms with van der Waals surface area (Å²) >= 11 is 0. The topological polar surface area (TPSA) is 95.6 Å². The van der Waals surface area contributed by atoms with Gasteiger partial charge < -0.3 is 19.2 Å². The van der Waals surface area contributed by atoms with Crippen molar-refractivity contribution in [2.24, 2.45) is 0 Å². The van der Waals surface area contributed by atoms with E-state index in [9.17, 15) is 9.59 Å². The molecule has 0 unspecified atom stereocenters. The predicted octanol–water partition coefficient (Wildman–Crippen LogP) is 2.79. The number of nitrogens with one attached hydrogen (secondary N) is 1. The Bertz CT molecular complexity index is 943. The molecule has 0 aliphatic rings. The van der Waals surface area contributed by atoms with Gasteiger partial charge in [-0.05, 0) is 49.4 Å². The summed E-state index contributed by atoms with van der Waals surface area (Å²) < 4.78 is 17.6. The number of aromatic nitrogens is 2. The molecule has 0 atom stereocenters. The van der Waals surface area contributed by atoms with Gasteiger partial charge in [0.25, 0.3) is 5.91 Å². The Morgan fingerprint density at radius 3 is 2.64 bits per heavy atom. The van der Waals surface area contributed by atoms with Gasteiger partial charge in [0.05, 0.1) is 24.9 Å². The number of nitrogens with zero attached hydrogens (tertiary/aromatic N) is 2. The average molecular weight is 383 g/mol. The maximum atomic E-state index is 12.2. The lowest BCUT2D eigenvalue weighted by atomic mass is 10.2. The van der Waals surface area contributed by atoms with E-state index in [0.29, 0.717) is 23.6 Å². The first-order chi connectivity index (χ1) is 13.6. The van der Waals surface area contributed by atoms with E-state index in [1.54, 1.807) is 42.6 Å². The van der Waals surface area contributed by atoms with Crippen LogP contribution in [0.4, 0.5) is 0 Å². The predicted molar refractivity (Wildman–Crippen MR) is 99.9 cm³/mol. The zero-order valence-corrected chi connectivity index (χ0v) is 15.7. The van der Waals surface area contributed by atoms with Crippen molar-refractivity contribution in [3.05, 3.63) is 71.4 Å². The summed E-state index contributed by atoms with van der Waals surface area (Å²) in [5, 5.41) is 6.97. The summed E-state index contributed by atoms with van der Waals surface area (Å²) in [6.07, 6.45) is 1.70. The molecule has 0 aliphatic carbocycles. The molecule has 0 saturated carbocycles. The van der Waals surface area contributed by atoms with Crippen LogP contribution in [0.3, 0.4) is 0 Å². The van der Waals surface area contributed by atoms with Crippen LogP contribution >= 0.6 is 0 Å². The lowest BCUT2D eigenvalue weighted by Gasteiger charge is -2.06. The van der Waals surface area contributed by atoms with E-state index in [4.69, 9.17) is 9.15 Å². The number of hydrogen-bond acceptors (Lipinski definition) is 6. The van der Waals surface area contributed by atoms with E-state index >= 15 is 0 Å². The molecule has 2 aromatic heterocycles.